The minimum Gasteiger partial charge on any atom is -0.462 e. The molecule has 0 bridgehead atoms. The molecule has 0 saturated heterocycles. The normalized spacial score (nSPS) is 12.8. The number of rotatable bonds is 7. The maximum atomic E-state index is 12.4. The number of ether oxygens (including phenoxy) is 1. The highest BCUT2D eigenvalue weighted by atomic mass is 32.1. The summed E-state index contributed by atoms with van der Waals surface area (Å²) in [4.78, 5) is 34.4. The molecule has 2 aromatic heterocycles. The summed E-state index contributed by atoms with van der Waals surface area (Å²) in [6.07, 6.45) is 0.255. The minimum absolute atomic E-state index is 0.260. The number of nitrogens with zero attached hydrogens (tertiary/aromatic N) is 2. The highest BCUT2D eigenvalue weighted by Crippen LogP contribution is 2.27. The van der Waals surface area contributed by atoms with E-state index in [4.69, 9.17) is 4.74 Å². The van der Waals surface area contributed by atoms with Crippen LogP contribution in [-0.2, 0) is 11.3 Å². The first-order valence-electron chi connectivity index (χ1n) is 7.93. The number of carbonyl (C=O) groups is 1. The van der Waals surface area contributed by atoms with Crippen molar-refractivity contribution in [2.75, 3.05) is 20.2 Å². The molecule has 0 saturated carbocycles. The number of aryl methyl sites for hydroxylation is 1. The summed E-state index contributed by atoms with van der Waals surface area (Å²) in [7, 11) is 1.85. The van der Waals surface area contributed by atoms with Gasteiger partial charge in [-0.25, -0.2) is 9.78 Å². The van der Waals surface area contributed by atoms with E-state index in [9.17, 15) is 14.7 Å². The predicted octanol–water partition coefficient (Wildman–Crippen LogP) is 1.67. The molecule has 2 N–H and O–H groups in total. The number of aliphatic hydroxyl groups excluding tert-OH is 1. The van der Waals surface area contributed by atoms with E-state index in [1.165, 1.54) is 11.3 Å². The van der Waals surface area contributed by atoms with E-state index in [-0.39, 0.29) is 12.2 Å². The van der Waals surface area contributed by atoms with Gasteiger partial charge in [0.15, 0.2) is 0 Å². The number of thiophene rings is 1. The average Bonchev–Trinajstić information content (AvgIpc) is 2.84. The minimum atomic E-state index is -0.429. The summed E-state index contributed by atoms with van der Waals surface area (Å²) in [5, 5.41) is 10.1. The maximum absolute atomic E-state index is 12.4. The lowest BCUT2D eigenvalue weighted by Crippen LogP contribution is -2.29. The molecule has 2 rings (SSSR count). The average molecular weight is 353 g/mol. The summed E-state index contributed by atoms with van der Waals surface area (Å²) < 4.78 is 5.02. The Kier molecular flexibility index (Phi) is 6.09. The number of fused-ring (bicyclic) bond motifs is 1. The van der Waals surface area contributed by atoms with Gasteiger partial charge >= 0.3 is 5.97 Å². The van der Waals surface area contributed by atoms with E-state index >= 15 is 0 Å². The number of aromatic nitrogens is 2. The molecule has 132 valence electrons. The van der Waals surface area contributed by atoms with Gasteiger partial charge in [-0.1, -0.05) is 6.92 Å². The quantitative estimate of drug-likeness (QED) is 0.735. The zero-order chi connectivity index (χ0) is 17.9. The third kappa shape index (κ3) is 4.00. The standard InChI is InChI=1S/C16H23N3O4S/c1-5-10(20)7-19(4)8-11-17-14(21)12-9(3)13(16(22)23-6-2)24-15(12)18-11/h10,20H,5-8H2,1-4H3,(H,17,18,21)/t10-/m0/s1. The van der Waals surface area contributed by atoms with Crippen molar-refractivity contribution in [3.8, 4) is 0 Å². The van der Waals surface area contributed by atoms with Crippen LogP contribution in [0, 0.1) is 6.92 Å². The molecule has 0 fully saturated rings. The van der Waals surface area contributed by atoms with Crippen molar-refractivity contribution in [1.82, 2.24) is 14.9 Å². The van der Waals surface area contributed by atoms with Gasteiger partial charge in [0, 0.05) is 6.54 Å². The summed E-state index contributed by atoms with van der Waals surface area (Å²) >= 11 is 1.17. The van der Waals surface area contributed by atoms with Crippen molar-refractivity contribution in [2.24, 2.45) is 0 Å². The Bertz CT molecular complexity index is 783. The van der Waals surface area contributed by atoms with Crippen LogP contribution in [0.2, 0.25) is 0 Å². The monoisotopic (exact) mass is 353 g/mol. The van der Waals surface area contributed by atoms with E-state index < -0.39 is 12.1 Å². The molecule has 0 radical (unpaired) electrons. The topological polar surface area (TPSA) is 95.5 Å². The molecule has 0 aromatic carbocycles. The molecule has 0 aliphatic rings. The second-order valence-electron chi connectivity index (χ2n) is 5.73. The second kappa shape index (κ2) is 7.87. The van der Waals surface area contributed by atoms with Crippen LogP contribution in [0.25, 0.3) is 10.2 Å². The highest BCUT2D eigenvalue weighted by Gasteiger charge is 2.20. The zero-order valence-electron chi connectivity index (χ0n) is 14.4. The third-order valence-electron chi connectivity index (χ3n) is 3.72. The molecule has 0 aliphatic carbocycles. The summed E-state index contributed by atoms with van der Waals surface area (Å²) in [6, 6.07) is 0. The Morgan fingerprint density at radius 3 is 2.79 bits per heavy atom. The Hall–Kier alpha value is -1.77. The van der Waals surface area contributed by atoms with Crippen molar-refractivity contribution in [3.63, 3.8) is 0 Å². The first-order valence-corrected chi connectivity index (χ1v) is 8.75. The number of likely N-dealkylation sites (N-methyl/N-ethyl adjacent to an activating group) is 1. The van der Waals surface area contributed by atoms with E-state index in [0.717, 1.165) is 0 Å². The van der Waals surface area contributed by atoms with Crippen LogP contribution < -0.4 is 5.56 Å². The molecule has 8 heteroatoms. The van der Waals surface area contributed by atoms with Crippen molar-refractivity contribution >= 4 is 27.5 Å². The first-order chi connectivity index (χ1) is 11.4. The van der Waals surface area contributed by atoms with Crippen LogP contribution in [0.3, 0.4) is 0 Å². The van der Waals surface area contributed by atoms with Gasteiger partial charge in [0.2, 0.25) is 0 Å². The molecule has 0 aliphatic heterocycles. The lowest BCUT2D eigenvalue weighted by molar-refractivity contribution is 0.0531. The third-order valence-corrected chi connectivity index (χ3v) is 4.89. The highest BCUT2D eigenvalue weighted by molar-refractivity contribution is 7.20. The smallest absolute Gasteiger partial charge is 0.348 e. The summed E-state index contributed by atoms with van der Waals surface area (Å²) in [6.45, 7) is 6.57. The number of aromatic amines is 1. The van der Waals surface area contributed by atoms with Crippen LogP contribution in [0.1, 0.15) is 41.3 Å². The summed E-state index contributed by atoms with van der Waals surface area (Å²) in [5.74, 6) is 0.0806. The molecule has 2 heterocycles. The van der Waals surface area contributed by atoms with Gasteiger partial charge in [0.25, 0.3) is 5.56 Å². The maximum Gasteiger partial charge on any atom is 0.348 e. The molecule has 0 spiro atoms. The molecule has 2 aromatic rings. The molecular weight excluding hydrogens is 330 g/mol. The van der Waals surface area contributed by atoms with Gasteiger partial charge in [0.1, 0.15) is 15.5 Å². The molecule has 1 atom stereocenters. The fourth-order valence-corrected chi connectivity index (χ4v) is 3.56. The Labute approximate surface area is 144 Å². The predicted molar refractivity (Wildman–Crippen MR) is 93.6 cm³/mol. The molecule has 7 nitrogen and oxygen atoms in total. The van der Waals surface area contributed by atoms with Gasteiger partial charge in [-0.3, -0.25) is 9.69 Å². The Balaban J connectivity index is 2.32. The number of hydrogen-bond donors (Lipinski definition) is 2. The van der Waals surface area contributed by atoms with Gasteiger partial charge in [-0.15, -0.1) is 11.3 Å². The van der Waals surface area contributed by atoms with E-state index in [1.54, 1.807) is 13.8 Å². The Morgan fingerprint density at radius 1 is 1.46 bits per heavy atom. The van der Waals surface area contributed by atoms with E-state index in [1.807, 2.05) is 18.9 Å². The summed E-state index contributed by atoms with van der Waals surface area (Å²) in [5.41, 5.74) is 0.340. The molecular formula is C16H23N3O4S. The zero-order valence-corrected chi connectivity index (χ0v) is 15.2. The van der Waals surface area contributed by atoms with Crippen molar-refractivity contribution in [1.29, 1.82) is 0 Å². The fraction of sp³-hybridized carbons (Fsp3) is 0.562. The van der Waals surface area contributed by atoms with Gasteiger partial charge in [-0.05, 0) is 32.9 Å². The molecule has 0 unspecified atom stereocenters. The van der Waals surface area contributed by atoms with Crippen molar-refractivity contribution in [3.05, 3.63) is 26.6 Å². The number of nitrogens with one attached hydrogen (secondary N) is 1. The lowest BCUT2D eigenvalue weighted by Gasteiger charge is -2.18. The first kappa shape index (κ1) is 18.6. The second-order valence-corrected chi connectivity index (χ2v) is 6.73. The van der Waals surface area contributed by atoms with Gasteiger partial charge in [-0.2, -0.15) is 0 Å². The number of esters is 1. The van der Waals surface area contributed by atoms with Crippen LogP contribution in [0.15, 0.2) is 4.79 Å². The number of carbonyl (C=O) groups excluding carboxylic acids is 1. The van der Waals surface area contributed by atoms with Crippen LogP contribution >= 0.6 is 11.3 Å². The van der Waals surface area contributed by atoms with Crippen molar-refractivity contribution < 1.29 is 14.6 Å². The number of aliphatic hydroxyl groups is 1. The Morgan fingerprint density at radius 2 is 2.17 bits per heavy atom. The van der Waals surface area contributed by atoms with Gasteiger partial charge in [0.05, 0.1) is 24.6 Å². The number of hydrogen-bond acceptors (Lipinski definition) is 7. The van der Waals surface area contributed by atoms with E-state index in [2.05, 4.69) is 9.97 Å². The number of H-pyrrole nitrogens is 1. The van der Waals surface area contributed by atoms with Gasteiger partial charge < -0.3 is 14.8 Å². The van der Waals surface area contributed by atoms with Crippen LogP contribution in [0.5, 0.6) is 0 Å². The van der Waals surface area contributed by atoms with Crippen LogP contribution in [-0.4, -0.2) is 52.2 Å². The lowest BCUT2D eigenvalue weighted by atomic mass is 10.2. The van der Waals surface area contributed by atoms with Crippen molar-refractivity contribution in [2.45, 2.75) is 39.8 Å². The molecule has 0 amide bonds. The van der Waals surface area contributed by atoms with Crippen LogP contribution in [0.4, 0.5) is 0 Å². The largest absolute Gasteiger partial charge is 0.462 e. The fourth-order valence-electron chi connectivity index (χ4n) is 2.46. The molecule has 24 heavy (non-hydrogen) atoms. The van der Waals surface area contributed by atoms with E-state index in [0.29, 0.717) is 46.0 Å². The SMILES string of the molecule is CCOC(=O)c1sc2nc(CN(C)C[C@@H](O)CC)[nH]c(=O)c2c1C.